The highest BCUT2D eigenvalue weighted by atomic mass is 35.5. The van der Waals surface area contributed by atoms with Gasteiger partial charge in [-0.05, 0) is 11.6 Å². The highest BCUT2D eigenvalue weighted by Crippen LogP contribution is 2.04. The third-order valence-corrected chi connectivity index (χ3v) is 2.67. The molecular formula is C10H11ClO3S. The molecule has 0 saturated heterocycles. The molecular weight excluding hydrogens is 236 g/mol. The zero-order valence-corrected chi connectivity index (χ0v) is 9.54. The lowest BCUT2D eigenvalue weighted by atomic mass is 10.2. The first-order valence-electron chi connectivity index (χ1n) is 4.32. The maximum atomic E-state index is 11.2. The van der Waals surface area contributed by atoms with Crippen LogP contribution >= 0.6 is 11.6 Å². The molecule has 0 aliphatic rings. The summed E-state index contributed by atoms with van der Waals surface area (Å²) in [5, 5.41) is 1.02. The number of halogens is 1. The van der Waals surface area contributed by atoms with Gasteiger partial charge in [-0.1, -0.05) is 30.3 Å². The normalized spacial score (nSPS) is 12.1. The summed E-state index contributed by atoms with van der Waals surface area (Å²) < 4.78 is 26.9. The molecule has 0 unspecified atom stereocenters. The van der Waals surface area contributed by atoms with Gasteiger partial charge in [0.25, 0.3) is 10.1 Å². The van der Waals surface area contributed by atoms with E-state index in [1.165, 1.54) is 6.08 Å². The van der Waals surface area contributed by atoms with Crippen molar-refractivity contribution in [3.05, 3.63) is 41.3 Å². The van der Waals surface area contributed by atoms with E-state index in [2.05, 4.69) is 4.18 Å². The van der Waals surface area contributed by atoms with Crippen LogP contribution in [0.4, 0.5) is 0 Å². The molecule has 1 aromatic rings. The molecule has 0 aliphatic heterocycles. The fraction of sp³-hybridized carbons (Fsp3) is 0.200. The van der Waals surface area contributed by atoms with Crippen LogP contribution < -0.4 is 0 Å². The highest BCUT2D eigenvalue weighted by Gasteiger charge is 2.04. The summed E-state index contributed by atoms with van der Waals surface area (Å²) >= 11 is 5.31. The smallest absolute Gasteiger partial charge is 0.266 e. The van der Waals surface area contributed by atoms with Crippen LogP contribution in [0, 0.1) is 0 Å². The van der Waals surface area contributed by atoms with E-state index < -0.39 is 10.1 Å². The summed E-state index contributed by atoms with van der Waals surface area (Å²) in [6, 6.07) is 9.11. The zero-order valence-electron chi connectivity index (χ0n) is 7.97. The van der Waals surface area contributed by atoms with Crippen molar-refractivity contribution in [1.29, 1.82) is 0 Å². The summed E-state index contributed by atoms with van der Waals surface area (Å²) in [6.07, 6.45) is 1.48. The Balaban J connectivity index is 2.65. The minimum Gasteiger partial charge on any atom is -0.266 e. The maximum Gasteiger partial charge on any atom is 0.290 e. The summed E-state index contributed by atoms with van der Waals surface area (Å²) in [5.41, 5.74) is 0.801. The second kappa shape index (κ2) is 5.90. The number of hydrogen-bond acceptors (Lipinski definition) is 3. The SMILES string of the molecule is O=S(=O)(C=Cc1ccccc1)OCCCl. The number of alkyl halides is 1. The lowest BCUT2D eigenvalue weighted by Crippen LogP contribution is -2.03. The number of rotatable bonds is 5. The first kappa shape index (κ1) is 12.2. The van der Waals surface area contributed by atoms with Crippen LogP contribution in [0.1, 0.15) is 5.56 Å². The van der Waals surface area contributed by atoms with Gasteiger partial charge in [-0.25, -0.2) is 0 Å². The van der Waals surface area contributed by atoms with Crippen molar-refractivity contribution < 1.29 is 12.6 Å². The standard InChI is InChI=1S/C10H11ClO3S/c11-7-8-14-15(12,13)9-6-10-4-2-1-3-5-10/h1-6,9H,7-8H2. The second-order valence-electron chi connectivity index (χ2n) is 2.72. The minimum atomic E-state index is -3.61. The highest BCUT2D eigenvalue weighted by molar-refractivity contribution is 7.89. The molecule has 0 N–H and O–H groups in total. The van der Waals surface area contributed by atoms with Crippen molar-refractivity contribution in [1.82, 2.24) is 0 Å². The summed E-state index contributed by atoms with van der Waals surface area (Å²) in [6.45, 7) is -0.0109. The molecule has 0 aliphatic carbocycles. The van der Waals surface area contributed by atoms with E-state index in [1.54, 1.807) is 12.1 Å². The Kier molecular flexibility index (Phi) is 4.81. The Morgan fingerprint density at radius 3 is 2.53 bits per heavy atom. The van der Waals surface area contributed by atoms with Gasteiger partial charge in [0.2, 0.25) is 0 Å². The van der Waals surface area contributed by atoms with Crippen molar-refractivity contribution >= 4 is 27.8 Å². The molecule has 82 valence electrons. The average molecular weight is 247 g/mol. The van der Waals surface area contributed by atoms with E-state index in [0.29, 0.717) is 0 Å². The Bertz CT molecular complexity index is 412. The monoisotopic (exact) mass is 246 g/mol. The first-order valence-corrected chi connectivity index (χ1v) is 6.33. The van der Waals surface area contributed by atoms with Crippen LogP contribution in [0.2, 0.25) is 0 Å². The average Bonchev–Trinajstić information content (AvgIpc) is 2.25. The molecule has 0 amide bonds. The van der Waals surface area contributed by atoms with Crippen molar-refractivity contribution in [2.24, 2.45) is 0 Å². The molecule has 0 bridgehead atoms. The third-order valence-electron chi connectivity index (χ3n) is 1.55. The Morgan fingerprint density at radius 2 is 1.93 bits per heavy atom. The van der Waals surface area contributed by atoms with Gasteiger partial charge in [0.15, 0.2) is 0 Å². The molecule has 0 heterocycles. The predicted molar refractivity (Wildman–Crippen MR) is 61.1 cm³/mol. The van der Waals surface area contributed by atoms with Crippen LogP contribution in [0.25, 0.3) is 6.08 Å². The van der Waals surface area contributed by atoms with E-state index in [0.717, 1.165) is 11.0 Å². The van der Waals surface area contributed by atoms with Crippen LogP contribution in [-0.2, 0) is 14.3 Å². The van der Waals surface area contributed by atoms with Gasteiger partial charge in [0.1, 0.15) is 0 Å². The molecule has 15 heavy (non-hydrogen) atoms. The quantitative estimate of drug-likeness (QED) is 0.591. The van der Waals surface area contributed by atoms with Gasteiger partial charge in [-0.3, -0.25) is 4.18 Å². The van der Waals surface area contributed by atoms with Crippen LogP contribution in [0.15, 0.2) is 35.7 Å². The fourth-order valence-electron chi connectivity index (χ4n) is 0.913. The van der Waals surface area contributed by atoms with Crippen molar-refractivity contribution in [2.45, 2.75) is 0 Å². The molecule has 5 heteroatoms. The Morgan fingerprint density at radius 1 is 1.27 bits per heavy atom. The van der Waals surface area contributed by atoms with Gasteiger partial charge in [0, 0.05) is 5.88 Å². The fourth-order valence-corrected chi connectivity index (χ4v) is 1.80. The topological polar surface area (TPSA) is 43.4 Å². The number of hydrogen-bond donors (Lipinski definition) is 0. The van der Waals surface area contributed by atoms with Gasteiger partial charge in [0.05, 0.1) is 12.0 Å². The largest absolute Gasteiger partial charge is 0.290 e. The molecule has 0 radical (unpaired) electrons. The van der Waals surface area contributed by atoms with Gasteiger partial charge < -0.3 is 0 Å². The molecule has 3 nitrogen and oxygen atoms in total. The van der Waals surface area contributed by atoms with Gasteiger partial charge >= 0.3 is 0 Å². The van der Waals surface area contributed by atoms with Crippen molar-refractivity contribution in [2.75, 3.05) is 12.5 Å². The second-order valence-corrected chi connectivity index (χ2v) is 4.59. The summed E-state index contributed by atoms with van der Waals surface area (Å²) in [5.74, 6) is 0.151. The van der Waals surface area contributed by atoms with E-state index in [4.69, 9.17) is 11.6 Å². The molecule has 0 saturated carbocycles. The van der Waals surface area contributed by atoms with Crippen LogP contribution in [-0.4, -0.2) is 20.9 Å². The van der Waals surface area contributed by atoms with E-state index in [-0.39, 0.29) is 12.5 Å². The summed E-state index contributed by atoms with van der Waals surface area (Å²) in [7, 11) is -3.61. The number of benzene rings is 1. The first-order chi connectivity index (χ1) is 7.14. The molecule has 1 aromatic carbocycles. The Labute approximate surface area is 94.5 Å². The zero-order chi connectivity index (χ0) is 11.1. The third kappa shape index (κ3) is 4.97. The molecule has 0 aromatic heterocycles. The van der Waals surface area contributed by atoms with E-state index >= 15 is 0 Å². The van der Waals surface area contributed by atoms with Crippen molar-refractivity contribution in [3.8, 4) is 0 Å². The Hall–Kier alpha value is -0.840. The van der Waals surface area contributed by atoms with E-state index in [1.807, 2.05) is 18.2 Å². The van der Waals surface area contributed by atoms with Gasteiger partial charge in [-0.2, -0.15) is 8.42 Å². The predicted octanol–water partition coefficient (Wildman–Crippen LogP) is 2.24. The molecule has 0 spiro atoms. The van der Waals surface area contributed by atoms with Crippen LogP contribution in [0.5, 0.6) is 0 Å². The van der Waals surface area contributed by atoms with Crippen LogP contribution in [0.3, 0.4) is 0 Å². The van der Waals surface area contributed by atoms with E-state index in [9.17, 15) is 8.42 Å². The maximum absolute atomic E-state index is 11.2. The summed E-state index contributed by atoms with van der Waals surface area (Å²) in [4.78, 5) is 0. The molecule has 0 fully saturated rings. The van der Waals surface area contributed by atoms with Crippen molar-refractivity contribution in [3.63, 3.8) is 0 Å². The lowest BCUT2D eigenvalue weighted by molar-refractivity contribution is 0.347. The minimum absolute atomic E-state index is 0.0109. The lowest BCUT2D eigenvalue weighted by Gasteiger charge is -1.97. The van der Waals surface area contributed by atoms with Gasteiger partial charge in [-0.15, -0.1) is 11.6 Å². The molecule has 0 atom stereocenters. The molecule has 1 rings (SSSR count).